The van der Waals surface area contributed by atoms with Crippen molar-refractivity contribution >= 4 is 11.9 Å². The van der Waals surface area contributed by atoms with E-state index in [1.807, 2.05) is 31.2 Å². The van der Waals surface area contributed by atoms with E-state index in [4.69, 9.17) is 0 Å². The minimum Gasteiger partial charge on any atom is -0.348 e. The van der Waals surface area contributed by atoms with Crippen molar-refractivity contribution in [2.75, 3.05) is 18.0 Å². The second kappa shape index (κ2) is 7.90. The number of rotatable bonds is 4. The van der Waals surface area contributed by atoms with Crippen LogP contribution < -0.4 is 10.2 Å². The maximum atomic E-state index is 12.2. The average molecular weight is 324 g/mol. The molecule has 24 heavy (non-hydrogen) atoms. The van der Waals surface area contributed by atoms with E-state index in [1.54, 1.807) is 12.4 Å². The van der Waals surface area contributed by atoms with Gasteiger partial charge in [-0.3, -0.25) is 4.79 Å². The molecule has 0 aliphatic carbocycles. The van der Waals surface area contributed by atoms with Gasteiger partial charge in [-0.1, -0.05) is 42.7 Å². The number of carbonyl (C=O) groups is 1. The molecule has 1 fully saturated rings. The molecule has 5 heteroatoms. The third-order valence-corrected chi connectivity index (χ3v) is 4.36. The van der Waals surface area contributed by atoms with E-state index in [9.17, 15) is 4.79 Å². The summed E-state index contributed by atoms with van der Waals surface area (Å²) in [7, 11) is 0. The number of nitrogens with one attached hydrogen (secondary N) is 1. The van der Waals surface area contributed by atoms with Gasteiger partial charge in [-0.2, -0.15) is 0 Å². The van der Waals surface area contributed by atoms with Gasteiger partial charge in [-0.05, 0) is 25.3 Å². The van der Waals surface area contributed by atoms with Gasteiger partial charge in [0.05, 0.1) is 5.56 Å². The highest BCUT2D eigenvalue weighted by atomic mass is 16.1. The van der Waals surface area contributed by atoms with Crippen molar-refractivity contribution in [3.8, 4) is 0 Å². The maximum Gasteiger partial charge on any atom is 0.254 e. The minimum absolute atomic E-state index is 0.141. The SMILES string of the molecule is Cc1ccc(CNC(=O)c2cnc(N3CCCCCC3)nc2)cc1. The predicted octanol–water partition coefficient (Wildman–Crippen LogP) is 3.10. The molecule has 0 spiro atoms. The Morgan fingerprint density at radius 2 is 1.67 bits per heavy atom. The Morgan fingerprint density at radius 3 is 2.29 bits per heavy atom. The first-order valence-electron chi connectivity index (χ1n) is 8.63. The van der Waals surface area contributed by atoms with Gasteiger partial charge in [0.2, 0.25) is 5.95 Å². The van der Waals surface area contributed by atoms with Crippen LogP contribution in [0.3, 0.4) is 0 Å². The zero-order valence-corrected chi connectivity index (χ0v) is 14.2. The highest BCUT2D eigenvalue weighted by molar-refractivity contribution is 5.93. The standard InChI is InChI=1S/C19H24N4O/c1-15-6-8-16(9-7-15)12-20-18(24)17-13-21-19(22-14-17)23-10-4-2-3-5-11-23/h6-9,13-14H,2-5,10-12H2,1H3,(H,20,24). The summed E-state index contributed by atoms with van der Waals surface area (Å²) in [5.74, 6) is 0.588. The smallest absolute Gasteiger partial charge is 0.254 e. The topological polar surface area (TPSA) is 58.1 Å². The van der Waals surface area contributed by atoms with Crippen LogP contribution in [0.5, 0.6) is 0 Å². The number of amides is 1. The second-order valence-electron chi connectivity index (χ2n) is 6.34. The molecule has 1 amide bonds. The molecule has 1 aromatic carbocycles. The number of anilines is 1. The van der Waals surface area contributed by atoms with E-state index < -0.39 is 0 Å². The normalized spacial score (nSPS) is 15.0. The Balaban J connectivity index is 1.58. The molecule has 1 N–H and O–H groups in total. The molecule has 1 saturated heterocycles. The molecule has 2 heterocycles. The van der Waals surface area contributed by atoms with Gasteiger partial charge < -0.3 is 10.2 Å². The van der Waals surface area contributed by atoms with Crippen LogP contribution in [0.15, 0.2) is 36.7 Å². The summed E-state index contributed by atoms with van der Waals surface area (Å²) in [4.78, 5) is 23.2. The zero-order valence-electron chi connectivity index (χ0n) is 14.2. The summed E-state index contributed by atoms with van der Waals surface area (Å²) >= 11 is 0. The third kappa shape index (κ3) is 4.31. The van der Waals surface area contributed by atoms with Gasteiger partial charge in [0.1, 0.15) is 0 Å². The Morgan fingerprint density at radius 1 is 1.04 bits per heavy atom. The number of hydrogen-bond donors (Lipinski definition) is 1. The predicted molar refractivity (Wildman–Crippen MR) is 95.1 cm³/mol. The monoisotopic (exact) mass is 324 g/mol. The van der Waals surface area contributed by atoms with Crippen LogP contribution >= 0.6 is 0 Å². The molecular formula is C19H24N4O. The van der Waals surface area contributed by atoms with Gasteiger partial charge in [0.15, 0.2) is 0 Å². The van der Waals surface area contributed by atoms with E-state index in [1.165, 1.54) is 31.2 Å². The van der Waals surface area contributed by atoms with Crippen molar-refractivity contribution in [2.45, 2.75) is 39.2 Å². The van der Waals surface area contributed by atoms with E-state index in [-0.39, 0.29) is 5.91 Å². The van der Waals surface area contributed by atoms with E-state index in [0.29, 0.717) is 12.1 Å². The Kier molecular flexibility index (Phi) is 5.41. The average Bonchev–Trinajstić information content (AvgIpc) is 2.90. The molecule has 2 aromatic rings. The first kappa shape index (κ1) is 16.4. The number of aryl methyl sites for hydroxylation is 1. The fraction of sp³-hybridized carbons (Fsp3) is 0.421. The summed E-state index contributed by atoms with van der Waals surface area (Å²) in [5, 5.41) is 2.91. The fourth-order valence-electron chi connectivity index (χ4n) is 2.86. The van der Waals surface area contributed by atoms with Gasteiger partial charge >= 0.3 is 0 Å². The lowest BCUT2D eigenvalue weighted by Crippen LogP contribution is -2.27. The molecule has 0 atom stereocenters. The van der Waals surface area contributed by atoms with Crippen LogP contribution in [-0.2, 0) is 6.54 Å². The summed E-state index contributed by atoms with van der Waals surface area (Å²) in [5.41, 5.74) is 2.79. The number of aromatic nitrogens is 2. The van der Waals surface area contributed by atoms with E-state index in [0.717, 1.165) is 24.6 Å². The molecule has 5 nitrogen and oxygen atoms in total. The van der Waals surface area contributed by atoms with Gasteiger partial charge in [0.25, 0.3) is 5.91 Å². The Bertz CT molecular complexity index is 659. The van der Waals surface area contributed by atoms with Crippen molar-refractivity contribution in [1.82, 2.24) is 15.3 Å². The largest absolute Gasteiger partial charge is 0.348 e. The van der Waals surface area contributed by atoms with Crippen LogP contribution in [0.25, 0.3) is 0 Å². The minimum atomic E-state index is -0.141. The van der Waals surface area contributed by atoms with Crippen LogP contribution in [0.4, 0.5) is 5.95 Å². The van der Waals surface area contributed by atoms with Crippen molar-refractivity contribution in [3.05, 3.63) is 53.3 Å². The maximum absolute atomic E-state index is 12.2. The number of nitrogens with zero attached hydrogens (tertiary/aromatic N) is 3. The summed E-state index contributed by atoms with van der Waals surface area (Å²) in [6.07, 6.45) is 8.16. The third-order valence-electron chi connectivity index (χ3n) is 4.36. The van der Waals surface area contributed by atoms with Gasteiger partial charge in [0, 0.05) is 32.0 Å². The summed E-state index contributed by atoms with van der Waals surface area (Å²) in [6, 6.07) is 8.13. The molecule has 0 unspecified atom stereocenters. The Hall–Kier alpha value is -2.43. The highest BCUT2D eigenvalue weighted by Crippen LogP contribution is 2.15. The van der Waals surface area contributed by atoms with Crippen molar-refractivity contribution < 1.29 is 4.79 Å². The molecule has 0 radical (unpaired) electrons. The summed E-state index contributed by atoms with van der Waals surface area (Å²) in [6.45, 7) is 4.55. The van der Waals surface area contributed by atoms with Crippen LogP contribution in [-0.4, -0.2) is 29.0 Å². The van der Waals surface area contributed by atoms with Crippen molar-refractivity contribution in [2.24, 2.45) is 0 Å². The lowest BCUT2D eigenvalue weighted by molar-refractivity contribution is 0.0950. The number of hydrogen-bond acceptors (Lipinski definition) is 4. The van der Waals surface area contributed by atoms with Crippen LogP contribution in [0.1, 0.15) is 47.2 Å². The Labute approximate surface area is 143 Å². The highest BCUT2D eigenvalue weighted by Gasteiger charge is 2.13. The second-order valence-corrected chi connectivity index (χ2v) is 6.34. The lowest BCUT2D eigenvalue weighted by Gasteiger charge is -2.19. The molecule has 3 rings (SSSR count). The van der Waals surface area contributed by atoms with Crippen LogP contribution in [0.2, 0.25) is 0 Å². The van der Waals surface area contributed by atoms with E-state index >= 15 is 0 Å². The quantitative estimate of drug-likeness (QED) is 0.939. The number of carbonyl (C=O) groups excluding carboxylic acids is 1. The van der Waals surface area contributed by atoms with Crippen LogP contribution in [0, 0.1) is 6.92 Å². The van der Waals surface area contributed by atoms with Crippen molar-refractivity contribution in [1.29, 1.82) is 0 Å². The molecule has 1 aliphatic rings. The number of benzene rings is 1. The molecule has 126 valence electrons. The molecule has 0 saturated carbocycles. The molecular weight excluding hydrogens is 300 g/mol. The zero-order chi connectivity index (χ0) is 16.8. The van der Waals surface area contributed by atoms with Crippen molar-refractivity contribution in [3.63, 3.8) is 0 Å². The van der Waals surface area contributed by atoms with Gasteiger partial charge in [-0.25, -0.2) is 9.97 Å². The van der Waals surface area contributed by atoms with E-state index in [2.05, 4.69) is 20.2 Å². The fourth-order valence-corrected chi connectivity index (χ4v) is 2.86. The lowest BCUT2D eigenvalue weighted by atomic mass is 10.1. The molecule has 0 bridgehead atoms. The molecule has 1 aliphatic heterocycles. The summed E-state index contributed by atoms with van der Waals surface area (Å²) < 4.78 is 0. The van der Waals surface area contributed by atoms with Gasteiger partial charge in [-0.15, -0.1) is 0 Å². The molecule has 1 aromatic heterocycles. The first-order valence-corrected chi connectivity index (χ1v) is 8.63. The first-order chi connectivity index (χ1) is 11.7.